The number of hydrogen-bond donors (Lipinski definition) is 0. The zero-order valence-electron chi connectivity index (χ0n) is 16.6. The molecule has 0 atom stereocenters. The molecule has 0 saturated heterocycles. The molecule has 0 fully saturated rings. The van der Waals surface area contributed by atoms with E-state index in [9.17, 15) is 5.21 Å². The van der Waals surface area contributed by atoms with Crippen LogP contribution in [0, 0.1) is 12.1 Å². The van der Waals surface area contributed by atoms with Crippen molar-refractivity contribution in [1.29, 1.82) is 0 Å². The molecule has 0 radical (unpaired) electrons. The zero-order valence-corrected chi connectivity index (χ0v) is 18.2. The molecule has 0 aliphatic rings. The number of benzene rings is 4. The Morgan fingerprint density at radius 2 is 1.07 bits per heavy atom. The Kier molecular flexibility index (Phi) is 6.57. The second-order valence-corrected chi connectivity index (χ2v) is 9.14. The van der Waals surface area contributed by atoms with Gasteiger partial charge in [-0.05, 0) is 67.6 Å². The van der Waals surface area contributed by atoms with E-state index in [2.05, 4.69) is 43.3 Å². The van der Waals surface area contributed by atoms with Gasteiger partial charge >= 0.3 is 0 Å². The fourth-order valence-corrected chi connectivity index (χ4v) is 4.51. The molecule has 0 heterocycles. The maximum absolute atomic E-state index is 12.5. The summed E-state index contributed by atoms with van der Waals surface area (Å²) in [6.45, 7) is 2.09. The van der Waals surface area contributed by atoms with Crippen molar-refractivity contribution in [3.8, 4) is 0 Å². The quantitative estimate of drug-likeness (QED) is 0.137. The first kappa shape index (κ1) is 20.3. The summed E-state index contributed by atoms with van der Waals surface area (Å²) in [5.41, 5.74) is 2.75. The first-order valence-electron chi connectivity index (χ1n) is 9.64. The highest BCUT2D eigenvalue weighted by Crippen LogP contribution is 2.29. The Labute approximate surface area is 185 Å². The third-order valence-electron chi connectivity index (χ3n) is 4.47. The highest BCUT2D eigenvalue weighted by Gasteiger charge is 2.04. The summed E-state index contributed by atoms with van der Waals surface area (Å²) >= 11 is 3.40. The Morgan fingerprint density at radius 3 is 1.63 bits per heavy atom. The summed E-state index contributed by atoms with van der Waals surface area (Å²) in [6, 6.07) is 34.4. The monoisotopic (exact) mass is 427 g/mol. The average Bonchev–Trinajstić information content (AvgIpc) is 2.78. The molecule has 0 saturated carbocycles. The van der Waals surface area contributed by atoms with Crippen LogP contribution in [0.4, 0.5) is 5.69 Å². The van der Waals surface area contributed by atoms with Crippen molar-refractivity contribution in [1.82, 2.24) is 0 Å². The van der Waals surface area contributed by atoms with Gasteiger partial charge in [-0.2, -0.15) is 4.74 Å². The van der Waals surface area contributed by atoms with Crippen molar-refractivity contribution >= 4 is 35.4 Å². The molecule has 4 aromatic rings. The highest BCUT2D eigenvalue weighted by molar-refractivity contribution is 7.99. The molecule has 0 unspecified atom stereocenters. The lowest BCUT2D eigenvalue weighted by Crippen LogP contribution is -1.98. The molecule has 4 aromatic carbocycles. The minimum atomic E-state index is 0.616. The van der Waals surface area contributed by atoms with Crippen molar-refractivity contribution in [3.63, 3.8) is 0 Å². The van der Waals surface area contributed by atoms with Gasteiger partial charge < -0.3 is 5.21 Å². The van der Waals surface area contributed by atoms with E-state index in [-0.39, 0.29) is 0 Å². The normalized spacial score (nSPS) is 11.4. The van der Waals surface area contributed by atoms with Crippen LogP contribution in [0.1, 0.15) is 11.1 Å². The van der Waals surface area contributed by atoms with Crippen LogP contribution < -0.4 is 0 Å². The van der Waals surface area contributed by atoms with Gasteiger partial charge in [0, 0.05) is 37.3 Å². The molecule has 148 valence electrons. The number of rotatable bonds is 6. The minimum absolute atomic E-state index is 0.616. The first-order chi connectivity index (χ1) is 14.7. The summed E-state index contributed by atoms with van der Waals surface area (Å²) in [5.74, 6) is 0. The first-order valence-corrected chi connectivity index (χ1v) is 11.3. The molecule has 0 N–H and O–H groups in total. The highest BCUT2D eigenvalue weighted by atomic mass is 32.2. The molecule has 0 aliphatic carbocycles. The molecular formula is C26H21NOS2. The van der Waals surface area contributed by atoms with E-state index in [1.165, 1.54) is 15.4 Å². The average molecular weight is 428 g/mol. The van der Waals surface area contributed by atoms with Crippen molar-refractivity contribution in [2.75, 3.05) is 0 Å². The van der Waals surface area contributed by atoms with Gasteiger partial charge in [-0.1, -0.05) is 59.4 Å². The Bertz CT molecular complexity index is 1120. The predicted octanol–water partition coefficient (Wildman–Crippen LogP) is 7.56. The van der Waals surface area contributed by atoms with Crippen LogP contribution in [0.5, 0.6) is 0 Å². The van der Waals surface area contributed by atoms with E-state index in [0.717, 1.165) is 20.1 Å². The van der Waals surface area contributed by atoms with Crippen molar-refractivity contribution in [3.05, 3.63) is 119 Å². The van der Waals surface area contributed by atoms with Gasteiger partial charge in [-0.3, -0.25) is 0 Å². The number of nitrogens with zero attached hydrogens (tertiary/aromatic N) is 1. The van der Waals surface area contributed by atoms with Crippen molar-refractivity contribution < 1.29 is 4.74 Å². The van der Waals surface area contributed by atoms with E-state index in [4.69, 9.17) is 0 Å². The van der Waals surface area contributed by atoms with Crippen LogP contribution in [0.15, 0.2) is 123 Å². The van der Waals surface area contributed by atoms with Gasteiger partial charge in [0.15, 0.2) is 6.21 Å². The van der Waals surface area contributed by atoms with Crippen LogP contribution in [-0.2, 0) is 0 Å². The summed E-state index contributed by atoms with van der Waals surface area (Å²) in [5, 5.41) is 12.5. The maximum Gasteiger partial charge on any atom is 0.216 e. The number of aryl methyl sites for hydroxylation is 1. The standard InChI is InChI=1S/C26H21NOS2/c1-20-7-13-24(14-8-20)30-25-15-9-21(10-16-25)19-27(28)22-11-17-26(18-12-22)29-23-5-3-2-4-6-23/h2-19H,1H3/b27-19-. The van der Waals surface area contributed by atoms with Gasteiger partial charge in [0.25, 0.3) is 0 Å². The van der Waals surface area contributed by atoms with Crippen LogP contribution in [0.25, 0.3) is 0 Å². The Hall–Kier alpha value is -2.95. The molecule has 2 nitrogen and oxygen atoms in total. The van der Waals surface area contributed by atoms with E-state index >= 15 is 0 Å². The van der Waals surface area contributed by atoms with Crippen LogP contribution in [-0.4, -0.2) is 11.0 Å². The molecular weight excluding hydrogens is 406 g/mol. The predicted molar refractivity (Wildman–Crippen MR) is 127 cm³/mol. The van der Waals surface area contributed by atoms with Gasteiger partial charge in [-0.15, -0.1) is 0 Å². The smallest absolute Gasteiger partial charge is 0.216 e. The van der Waals surface area contributed by atoms with Crippen molar-refractivity contribution in [2.24, 2.45) is 0 Å². The second-order valence-electron chi connectivity index (χ2n) is 6.85. The van der Waals surface area contributed by atoms with E-state index in [0.29, 0.717) is 5.69 Å². The molecule has 0 amide bonds. The van der Waals surface area contributed by atoms with Gasteiger partial charge in [-0.25, -0.2) is 0 Å². The van der Waals surface area contributed by atoms with Gasteiger partial charge in [0.1, 0.15) is 0 Å². The second kappa shape index (κ2) is 9.70. The summed E-state index contributed by atoms with van der Waals surface area (Å²) in [6.07, 6.45) is 1.61. The topological polar surface area (TPSA) is 26.1 Å². The molecule has 30 heavy (non-hydrogen) atoms. The van der Waals surface area contributed by atoms with Crippen LogP contribution >= 0.6 is 23.5 Å². The van der Waals surface area contributed by atoms with Gasteiger partial charge in [0.05, 0.1) is 0 Å². The molecule has 0 bridgehead atoms. The lowest BCUT2D eigenvalue weighted by molar-refractivity contribution is -0.354. The molecule has 4 rings (SSSR count). The lowest BCUT2D eigenvalue weighted by Gasteiger charge is -2.06. The van der Waals surface area contributed by atoms with E-state index in [1.54, 1.807) is 29.7 Å². The maximum atomic E-state index is 12.5. The minimum Gasteiger partial charge on any atom is -0.618 e. The van der Waals surface area contributed by atoms with Crippen LogP contribution in [0.3, 0.4) is 0 Å². The fourth-order valence-electron chi connectivity index (χ4n) is 2.86. The Morgan fingerprint density at radius 1 is 0.600 bits per heavy atom. The third kappa shape index (κ3) is 5.56. The molecule has 0 aliphatic heterocycles. The van der Waals surface area contributed by atoms with Crippen LogP contribution in [0.2, 0.25) is 0 Å². The van der Waals surface area contributed by atoms with Crippen molar-refractivity contribution in [2.45, 2.75) is 26.5 Å². The molecule has 0 aromatic heterocycles. The van der Waals surface area contributed by atoms with E-state index < -0.39 is 0 Å². The molecule has 0 spiro atoms. The SMILES string of the molecule is Cc1ccc(Sc2ccc(/C=[N+](\[O-])c3ccc(Sc4ccccc4)cc3)cc2)cc1. The largest absolute Gasteiger partial charge is 0.618 e. The third-order valence-corrected chi connectivity index (χ3v) is 6.50. The van der Waals surface area contributed by atoms with E-state index in [1.807, 2.05) is 66.7 Å². The van der Waals surface area contributed by atoms with Gasteiger partial charge in [0.2, 0.25) is 5.69 Å². The summed E-state index contributed by atoms with van der Waals surface area (Å²) < 4.78 is 0.916. The molecule has 4 heteroatoms. The number of hydrogen-bond acceptors (Lipinski definition) is 3. The zero-order chi connectivity index (χ0) is 20.8. The summed E-state index contributed by atoms with van der Waals surface area (Å²) in [7, 11) is 0. The lowest BCUT2D eigenvalue weighted by atomic mass is 10.2. The fraction of sp³-hybridized carbons (Fsp3) is 0.0385. The Balaban J connectivity index is 1.41. The summed E-state index contributed by atoms with van der Waals surface area (Å²) in [4.78, 5) is 4.64.